The Bertz CT molecular complexity index is 341. The highest BCUT2D eigenvalue weighted by Crippen LogP contribution is 2.58. The summed E-state index contributed by atoms with van der Waals surface area (Å²) in [6.07, 6.45) is 0. The number of nitrogens with one attached hydrogen (secondary N) is 1. The van der Waals surface area contributed by atoms with Crippen molar-refractivity contribution >= 4 is 11.9 Å². The van der Waals surface area contributed by atoms with Crippen LogP contribution in [0.15, 0.2) is 0 Å². The first kappa shape index (κ1) is 14.0. The van der Waals surface area contributed by atoms with E-state index in [-0.39, 0.29) is 17.4 Å². The fourth-order valence-corrected chi connectivity index (χ4v) is 2.11. The molecule has 4 nitrogen and oxygen atoms in total. The lowest BCUT2D eigenvalue weighted by atomic mass is 9.88. The van der Waals surface area contributed by atoms with Gasteiger partial charge in [-0.25, -0.2) is 0 Å². The maximum atomic E-state index is 12.0. The standard InChI is InChI=1S/C13H23NO3/c1-7(12(2,3)4)14-10(15)8-9(11(16)17)13(8,5)6/h7-9H,1-6H3,(H,14,15)(H,16,17)/t7?,8-,9+/m1/s1. The van der Waals surface area contributed by atoms with Crippen LogP contribution in [0.5, 0.6) is 0 Å². The lowest BCUT2D eigenvalue weighted by Gasteiger charge is -2.28. The summed E-state index contributed by atoms with van der Waals surface area (Å²) in [6.45, 7) is 11.7. The van der Waals surface area contributed by atoms with Crippen molar-refractivity contribution < 1.29 is 14.7 Å². The van der Waals surface area contributed by atoms with Gasteiger partial charge in [0.1, 0.15) is 0 Å². The van der Waals surface area contributed by atoms with Crippen LogP contribution in [-0.2, 0) is 9.59 Å². The van der Waals surface area contributed by atoms with Gasteiger partial charge in [-0.15, -0.1) is 0 Å². The Balaban J connectivity index is 2.66. The molecule has 0 aliphatic heterocycles. The molecular weight excluding hydrogens is 218 g/mol. The number of carbonyl (C=O) groups is 2. The first-order valence-corrected chi connectivity index (χ1v) is 6.02. The molecule has 0 aromatic rings. The summed E-state index contributed by atoms with van der Waals surface area (Å²) >= 11 is 0. The van der Waals surface area contributed by atoms with Gasteiger partial charge in [-0.05, 0) is 17.8 Å². The molecule has 1 aliphatic rings. The fourth-order valence-electron chi connectivity index (χ4n) is 2.11. The average molecular weight is 241 g/mol. The molecule has 0 heterocycles. The van der Waals surface area contributed by atoms with Crippen molar-refractivity contribution in [2.45, 2.75) is 47.6 Å². The summed E-state index contributed by atoms with van der Waals surface area (Å²) in [4.78, 5) is 23.0. The van der Waals surface area contributed by atoms with Crippen LogP contribution >= 0.6 is 0 Å². The lowest BCUT2D eigenvalue weighted by molar-refractivity contribution is -0.140. The molecule has 1 amide bonds. The fraction of sp³-hybridized carbons (Fsp3) is 0.846. The van der Waals surface area contributed by atoms with E-state index in [0.29, 0.717) is 0 Å². The smallest absolute Gasteiger partial charge is 0.307 e. The zero-order valence-electron chi connectivity index (χ0n) is 11.5. The van der Waals surface area contributed by atoms with E-state index in [0.717, 1.165) is 0 Å². The highest BCUT2D eigenvalue weighted by molar-refractivity contribution is 5.91. The average Bonchev–Trinajstić information content (AvgIpc) is 2.67. The molecule has 0 spiro atoms. The lowest BCUT2D eigenvalue weighted by Crippen LogP contribution is -2.42. The van der Waals surface area contributed by atoms with Crippen LogP contribution in [0.3, 0.4) is 0 Å². The molecule has 1 saturated carbocycles. The molecule has 0 bridgehead atoms. The first-order valence-electron chi connectivity index (χ1n) is 6.02. The molecule has 98 valence electrons. The van der Waals surface area contributed by atoms with Gasteiger partial charge in [-0.3, -0.25) is 9.59 Å². The summed E-state index contributed by atoms with van der Waals surface area (Å²) in [5.74, 6) is -1.96. The summed E-state index contributed by atoms with van der Waals surface area (Å²) in [6, 6.07) is 0.0286. The third kappa shape index (κ3) is 2.61. The Kier molecular flexibility index (Phi) is 3.29. The summed E-state index contributed by atoms with van der Waals surface area (Å²) in [7, 11) is 0. The third-order valence-corrected chi connectivity index (χ3v) is 4.03. The van der Waals surface area contributed by atoms with E-state index in [4.69, 9.17) is 5.11 Å². The molecule has 0 aromatic heterocycles. The SMILES string of the molecule is CC(NC(=O)[C@H]1[C@@H](C(=O)O)C1(C)C)C(C)(C)C. The maximum Gasteiger partial charge on any atom is 0.307 e. The quantitative estimate of drug-likeness (QED) is 0.793. The van der Waals surface area contributed by atoms with Crippen molar-refractivity contribution in [3.05, 3.63) is 0 Å². The van der Waals surface area contributed by atoms with Gasteiger partial charge in [0.15, 0.2) is 0 Å². The number of carbonyl (C=O) groups excluding carboxylic acids is 1. The number of hydrogen-bond acceptors (Lipinski definition) is 2. The molecule has 1 fully saturated rings. The largest absolute Gasteiger partial charge is 0.481 e. The molecule has 4 heteroatoms. The first-order chi connectivity index (χ1) is 7.49. The minimum atomic E-state index is -0.876. The Morgan fingerprint density at radius 1 is 1.24 bits per heavy atom. The molecule has 1 unspecified atom stereocenters. The molecule has 17 heavy (non-hydrogen) atoms. The topological polar surface area (TPSA) is 66.4 Å². The van der Waals surface area contributed by atoms with Crippen LogP contribution in [0.25, 0.3) is 0 Å². The van der Waals surface area contributed by atoms with Gasteiger partial charge in [0, 0.05) is 6.04 Å². The Hall–Kier alpha value is -1.06. The highest BCUT2D eigenvalue weighted by Gasteiger charge is 2.66. The van der Waals surface area contributed by atoms with Crippen molar-refractivity contribution in [2.24, 2.45) is 22.7 Å². The minimum Gasteiger partial charge on any atom is -0.481 e. The van der Waals surface area contributed by atoms with Crippen molar-refractivity contribution in [2.75, 3.05) is 0 Å². The van der Waals surface area contributed by atoms with E-state index in [2.05, 4.69) is 5.32 Å². The van der Waals surface area contributed by atoms with E-state index in [1.165, 1.54) is 0 Å². The van der Waals surface area contributed by atoms with E-state index in [1.807, 2.05) is 41.5 Å². The predicted molar refractivity (Wildman–Crippen MR) is 65.5 cm³/mol. The van der Waals surface area contributed by atoms with Crippen LogP contribution in [0.2, 0.25) is 0 Å². The zero-order chi connectivity index (χ0) is 13.6. The number of amides is 1. The van der Waals surface area contributed by atoms with Crippen LogP contribution < -0.4 is 5.32 Å². The van der Waals surface area contributed by atoms with Crippen LogP contribution in [0.1, 0.15) is 41.5 Å². The van der Waals surface area contributed by atoms with Gasteiger partial charge in [0.25, 0.3) is 0 Å². The number of carboxylic acids is 1. The van der Waals surface area contributed by atoms with Crippen molar-refractivity contribution in [3.63, 3.8) is 0 Å². The minimum absolute atomic E-state index is 0.0204. The maximum absolute atomic E-state index is 12.0. The normalized spacial score (nSPS) is 28.4. The molecular formula is C13H23NO3. The Labute approximate surface area is 103 Å². The predicted octanol–water partition coefficient (Wildman–Crippen LogP) is 1.89. The number of hydrogen-bond donors (Lipinski definition) is 2. The van der Waals surface area contributed by atoms with E-state index >= 15 is 0 Å². The van der Waals surface area contributed by atoms with E-state index in [1.54, 1.807) is 0 Å². The van der Waals surface area contributed by atoms with Crippen LogP contribution in [-0.4, -0.2) is 23.0 Å². The van der Waals surface area contributed by atoms with Crippen LogP contribution in [0.4, 0.5) is 0 Å². The molecule has 1 aliphatic carbocycles. The number of aliphatic carboxylic acids is 1. The van der Waals surface area contributed by atoms with Gasteiger partial charge >= 0.3 is 5.97 Å². The Morgan fingerprint density at radius 3 is 2.00 bits per heavy atom. The third-order valence-electron chi connectivity index (χ3n) is 4.03. The van der Waals surface area contributed by atoms with Gasteiger partial charge in [-0.1, -0.05) is 34.6 Å². The summed E-state index contributed by atoms with van der Waals surface area (Å²) in [5, 5.41) is 11.9. The molecule has 0 aromatic carbocycles. The van der Waals surface area contributed by atoms with Crippen molar-refractivity contribution in [1.82, 2.24) is 5.32 Å². The van der Waals surface area contributed by atoms with Gasteiger partial charge in [0.2, 0.25) is 5.91 Å². The van der Waals surface area contributed by atoms with E-state index < -0.39 is 23.2 Å². The van der Waals surface area contributed by atoms with Crippen molar-refractivity contribution in [3.8, 4) is 0 Å². The number of rotatable bonds is 3. The number of carboxylic acid groups (broad SMARTS) is 1. The van der Waals surface area contributed by atoms with Crippen LogP contribution in [0, 0.1) is 22.7 Å². The van der Waals surface area contributed by atoms with Crippen molar-refractivity contribution in [1.29, 1.82) is 0 Å². The highest BCUT2D eigenvalue weighted by atomic mass is 16.4. The van der Waals surface area contributed by atoms with Gasteiger partial charge < -0.3 is 10.4 Å². The molecule has 2 N–H and O–H groups in total. The summed E-state index contributed by atoms with van der Waals surface area (Å²) in [5.41, 5.74) is -0.444. The second-order valence-corrected chi connectivity index (χ2v) is 6.71. The monoisotopic (exact) mass is 241 g/mol. The van der Waals surface area contributed by atoms with E-state index in [9.17, 15) is 9.59 Å². The second kappa shape index (κ2) is 4.00. The molecule has 3 atom stereocenters. The Morgan fingerprint density at radius 2 is 1.71 bits per heavy atom. The van der Waals surface area contributed by atoms with Gasteiger partial charge in [0.05, 0.1) is 11.8 Å². The summed E-state index contributed by atoms with van der Waals surface area (Å²) < 4.78 is 0. The molecule has 0 radical (unpaired) electrons. The van der Waals surface area contributed by atoms with Gasteiger partial charge in [-0.2, -0.15) is 0 Å². The molecule has 1 rings (SSSR count). The zero-order valence-corrected chi connectivity index (χ0v) is 11.5. The second-order valence-electron chi connectivity index (χ2n) is 6.71. The molecule has 0 saturated heterocycles.